The molecule has 0 fully saturated rings. The number of benzene rings is 3. The van der Waals surface area contributed by atoms with Gasteiger partial charge in [0.2, 0.25) is 0 Å². The highest BCUT2D eigenvalue weighted by atomic mass is 16.6. The van der Waals surface area contributed by atoms with Crippen LogP contribution in [-0.4, -0.2) is 45.2 Å². The van der Waals surface area contributed by atoms with Gasteiger partial charge in [-0.3, -0.25) is 0 Å². The number of cyclic esters (lactones) is 1. The van der Waals surface area contributed by atoms with Crippen molar-refractivity contribution in [3.8, 4) is 0 Å². The third kappa shape index (κ3) is 4.63. The van der Waals surface area contributed by atoms with E-state index in [-0.39, 0.29) is 5.97 Å². The summed E-state index contributed by atoms with van der Waals surface area (Å²) in [6, 6.07) is 21.4. The molecule has 0 amide bonds. The molecule has 0 aromatic heterocycles. The van der Waals surface area contributed by atoms with Gasteiger partial charge in [0.15, 0.2) is 5.60 Å². The molecule has 0 spiro atoms. The third-order valence-corrected chi connectivity index (χ3v) is 8.10. The number of rotatable bonds is 11. The quantitative estimate of drug-likeness (QED) is 0.258. The van der Waals surface area contributed by atoms with Crippen LogP contribution in [0.3, 0.4) is 0 Å². The van der Waals surface area contributed by atoms with Crippen molar-refractivity contribution in [3.05, 3.63) is 88.5 Å². The minimum Gasteiger partial charge on any atom is -0.441 e. The van der Waals surface area contributed by atoms with E-state index in [4.69, 9.17) is 4.74 Å². The maximum Gasteiger partial charge on any atom is 0.340 e. The molecule has 1 unspecified atom stereocenters. The Hall–Kier alpha value is -3.47. The molecular weight excluding hydrogens is 470 g/mol. The Balaban J connectivity index is 1.93. The van der Waals surface area contributed by atoms with Crippen LogP contribution in [0.25, 0.3) is 0 Å². The first-order valence-electron chi connectivity index (χ1n) is 14.2. The highest BCUT2D eigenvalue weighted by Gasteiger charge is 2.49. The molecule has 202 valence electrons. The van der Waals surface area contributed by atoms with Gasteiger partial charge in [-0.2, -0.15) is 0 Å². The van der Waals surface area contributed by atoms with E-state index in [1.54, 1.807) is 0 Å². The molecule has 4 rings (SSSR count). The lowest BCUT2D eigenvalue weighted by Crippen LogP contribution is -2.31. The van der Waals surface area contributed by atoms with Crippen molar-refractivity contribution in [2.45, 2.75) is 54.1 Å². The predicted molar refractivity (Wildman–Crippen MR) is 160 cm³/mol. The summed E-state index contributed by atoms with van der Waals surface area (Å²) in [6.45, 7) is 20.6. The number of esters is 1. The van der Waals surface area contributed by atoms with Gasteiger partial charge in [0.05, 0.1) is 5.56 Å². The van der Waals surface area contributed by atoms with Crippen LogP contribution in [0.5, 0.6) is 0 Å². The Labute approximate surface area is 229 Å². The molecule has 0 N–H and O–H groups in total. The normalized spacial score (nSPS) is 16.2. The van der Waals surface area contributed by atoms with Gasteiger partial charge in [0.25, 0.3) is 0 Å². The fraction of sp³-hybridized carbons (Fsp3) is 0.424. The Kier molecular flexibility index (Phi) is 8.35. The van der Waals surface area contributed by atoms with Crippen molar-refractivity contribution in [1.82, 2.24) is 0 Å². The molecule has 0 saturated heterocycles. The predicted octanol–water partition coefficient (Wildman–Crippen LogP) is 7.00. The molecule has 1 aliphatic rings. The van der Waals surface area contributed by atoms with Crippen LogP contribution in [0, 0.1) is 6.92 Å². The zero-order chi connectivity index (χ0) is 27.4. The number of nitrogens with zero attached hydrogens (tertiary/aromatic N) is 3. The molecule has 3 aromatic rings. The summed E-state index contributed by atoms with van der Waals surface area (Å²) in [5.41, 5.74) is 7.04. The Morgan fingerprint density at radius 1 is 0.605 bits per heavy atom. The first-order chi connectivity index (χ1) is 18.4. The van der Waals surface area contributed by atoms with Crippen molar-refractivity contribution in [3.63, 3.8) is 0 Å². The molecule has 5 nitrogen and oxygen atoms in total. The van der Waals surface area contributed by atoms with E-state index in [0.717, 1.165) is 67.2 Å². The van der Waals surface area contributed by atoms with Crippen molar-refractivity contribution < 1.29 is 9.53 Å². The minimum absolute atomic E-state index is 0.269. The second-order valence-electron chi connectivity index (χ2n) is 9.86. The van der Waals surface area contributed by atoms with Gasteiger partial charge in [-0.15, -0.1) is 0 Å². The number of carbonyl (C=O) groups is 1. The SMILES string of the molecule is CCN(CC)c1ccc(C2(c3ccc(N(CC)CC)cc3C)OC(=O)c3cc(N(CC)CC)ccc32)cc1. The molecular formula is C33H43N3O2. The van der Waals surface area contributed by atoms with E-state index < -0.39 is 5.60 Å². The average molecular weight is 514 g/mol. The summed E-state index contributed by atoms with van der Waals surface area (Å²) >= 11 is 0. The highest BCUT2D eigenvalue weighted by molar-refractivity contribution is 5.97. The average Bonchev–Trinajstić information content (AvgIpc) is 3.23. The van der Waals surface area contributed by atoms with Gasteiger partial charge in [-0.1, -0.05) is 24.3 Å². The number of hydrogen-bond donors (Lipinski definition) is 0. The summed E-state index contributed by atoms with van der Waals surface area (Å²) in [5, 5.41) is 0. The minimum atomic E-state index is -0.998. The molecule has 3 aromatic carbocycles. The second-order valence-corrected chi connectivity index (χ2v) is 9.86. The number of hydrogen-bond acceptors (Lipinski definition) is 5. The fourth-order valence-electron chi connectivity index (χ4n) is 5.94. The van der Waals surface area contributed by atoms with Gasteiger partial charge in [-0.05, 0) is 90.4 Å². The summed E-state index contributed by atoms with van der Waals surface area (Å²) in [6.07, 6.45) is 0. The smallest absolute Gasteiger partial charge is 0.340 e. The Morgan fingerprint density at radius 3 is 1.55 bits per heavy atom. The molecule has 0 saturated carbocycles. The van der Waals surface area contributed by atoms with Crippen LogP contribution < -0.4 is 14.7 Å². The highest BCUT2D eigenvalue weighted by Crippen LogP contribution is 2.49. The largest absolute Gasteiger partial charge is 0.441 e. The number of fused-ring (bicyclic) bond motifs is 1. The van der Waals surface area contributed by atoms with Gasteiger partial charge in [-0.25, -0.2) is 4.79 Å². The van der Waals surface area contributed by atoms with Crippen LogP contribution in [0.4, 0.5) is 17.1 Å². The van der Waals surface area contributed by atoms with Crippen LogP contribution in [-0.2, 0) is 10.3 Å². The maximum atomic E-state index is 13.6. The van der Waals surface area contributed by atoms with E-state index >= 15 is 0 Å². The lowest BCUT2D eigenvalue weighted by atomic mass is 9.78. The van der Waals surface area contributed by atoms with E-state index in [0.29, 0.717) is 5.56 Å². The van der Waals surface area contributed by atoms with Crippen LogP contribution >= 0.6 is 0 Å². The van der Waals surface area contributed by atoms with Crippen molar-refractivity contribution in [2.75, 3.05) is 54.0 Å². The van der Waals surface area contributed by atoms with Crippen molar-refractivity contribution in [1.29, 1.82) is 0 Å². The molecule has 0 bridgehead atoms. The monoisotopic (exact) mass is 513 g/mol. The van der Waals surface area contributed by atoms with E-state index in [2.05, 4.69) is 118 Å². The second kappa shape index (κ2) is 11.5. The van der Waals surface area contributed by atoms with Crippen molar-refractivity contribution in [2.24, 2.45) is 0 Å². The molecule has 1 atom stereocenters. The number of anilines is 3. The molecule has 0 radical (unpaired) electrons. The van der Waals surface area contributed by atoms with Gasteiger partial charge < -0.3 is 19.4 Å². The molecule has 5 heteroatoms. The van der Waals surface area contributed by atoms with E-state index in [1.807, 2.05) is 6.07 Å². The Morgan fingerprint density at radius 2 is 1.05 bits per heavy atom. The van der Waals surface area contributed by atoms with Gasteiger partial charge in [0.1, 0.15) is 0 Å². The molecule has 0 aliphatic carbocycles. The summed E-state index contributed by atoms with van der Waals surface area (Å²) in [7, 11) is 0. The van der Waals surface area contributed by atoms with Gasteiger partial charge >= 0.3 is 5.97 Å². The number of aryl methyl sites for hydroxylation is 1. The van der Waals surface area contributed by atoms with Crippen LogP contribution in [0.2, 0.25) is 0 Å². The molecule has 1 heterocycles. The zero-order valence-corrected chi connectivity index (χ0v) is 24.2. The van der Waals surface area contributed by atoms with Crippen LogP contribution in [0.15, 0.2) is 60.7 Å². The molecule has 38 heavy (non-hydrogen) atoms. The van der Waals surface area contributed by atoms with Crippen molar-refractivity contribution >= 4 is 23.0 Å². The van der Waals surface area contributed by atoms with Gasteiger partial charge in [0, 0.05) is 73.0 Å². The maximum absolute atomic E-state index is 13.6. The number of carbonyl (C=O) groups excluding carboxylic acids is 1. The molecule has 1 aliphatic heterocycles. The Bertz CT molecular complexity index is 1260. The topological polar surface area (TPSA) is 36.0 Å². The first kappa shape index (κ1) is 27.6. The van der Waals surface area contributed by atoms with Crippen LogP contribution in [0.1, 0.15) is 74.2 Å². The third-order valence-electron chi connectivity index (χ3n) is 8.10. The summed E-state index contributed by atoms with van der Waals surface area (Å²) in [5.74, 6) is -0.269. The van der Waals surface area contributed by atoms with E-state index in [9.17, 15) is 4.79 Å². The lowest BCUT2D eigenvalue weighted by Gasteiger charge is -2.33. The standard InChI is InChI=1S/C33H43N3O2/c1-8-34(9-2)26-16-14-25(15-17-26)33(30-20-18-27(22-24(30)7)35(10-3)11-4)31-21-19-28(36(12-5)13-6)23-29(31)32(37)38-33/h14-23H,8-13H2,1-7H3. The summed E-state index contributed by atoms with van der Waals surface area (Å²) in [4.78, 5) is 20.5. The zero-order valence-electron chi connectivity index (χ0n) is 24.2. The fourth-order valence-corrected chi connectivity index (χ4v) is 5.94. The number of ether oxygens (including phenoxy) is 1. The van der Waals surface area contributed by atoms with E-state index in [1.165, 1.54) is 11.4 Å². The lowest BCUT2D eigenvalue weighted by molar-refractivity contribution is 0.0250. The summed E-state index contributed by atoms with van der Waals surface area (Å²) < 4.78 is 6.50. The first-order valence-corrected chi connectivity index (χ1v) is 14.2.